The summed E-state index contributed by atoms with van der Waals surface area (Å²) in [6.07, 6.45) is 1.04. The first-order chi connectivity index (χ1) is 7.81. The minimum Gasteiger partial charge on any atom is -0.388 e. The first-order valence-electron chi connectivity index (χ1n) is 5.32. The Labute approximate surface area is 96.9 Å². The molecule has 0 spiro atoms. The molecule has 0 bridgehead atoms. The second-order valence-electron chi connectivity index (χ2n) is 3.16. The molecule has 0 aromatic heterocycles. The van der Waals surface area contributed by atoms with Gasteiger partial charge in [-0.05, 0) is 0 Å². The van der Waals surface area contributed by atoms with Crippen molar-refractivity contribution >= 4 is 0 Å². The summed E-state index contributed by atoms with van der Waals surface area (Å²) >= 11 is 0. The fraction of sp³-hybridized carbons (Fsp3) is 0.818. The van der Waals surface area contributed by atoms with Crippen molar-refractivity contribution in [1.29, 1.82) is 0 Å². The van der Waals surface area contributed by atoms with Gasteiger partial charge in [-0.3, -0.25) is 0 Å². The van der Waals surface area contributed by atoms with Crippen LogP contribution >= 0.6 is 0 Å². The molecular formula is C11H22O5. The van der Waals surface area contributed by atoms with Crippen LogP contribution in [-0.4, -0.2) is 64.6 Å². The quantitative estimate of drug-likeness (QED) is 0.387. The monoisotopic (exact) mass is 234 g/mol. The van der Waals surface area contributed by atoms with E-state index in [0.717, 1.165) is 0 Å². The van der Waals surface area contributed by atoms with E-state index < -0.39 is 6.10 Å². The molecule has 0 amide bonds. The maximum Gasteiger partial charge on any atom is 0.101 e. The van der Waals surface area contributed by atoms with Gasteiger partial charge in [0.15, 0.2) is 0 Å². The Balaban J connectivity index is 3.08. The lowest BCUT2D eigenvalue weighted by Crippen LogP contribution is -2.23. The van der Waals surface area contributed by atoms with Crippen LogP contribution in [0.25, 0.3) is 0 Å². The lowest BCUT2D eigenvalue weighted by molar-refractivity contribution is -0.0313. The molecule has 16 heavy (non-hydrogen) atoms. The Morgan fingerprint density at radius 3 is 2.38 bits per heavy atom. The first kappa shape index (κ1) is 15.5. The summed E-state index contributed by atoms with van der Waals surface area (Å²) in [4.78, 5) is 0. The molecule has 0 saturated carbocycles. The Hall–Kier alpha value is -0.460. The zero-order valence-electron chi connectivity index (χ0n) is 9.89. The summed E-state index contributed by atoms with van der Waals surface area (Å²) in [7, 11) is 1.62. The van der Waals surface area contributed by atoms with Crippen LogP contribution in [0.5, 0.6) is 0 Å². The number of hydrogen-bond donors (Lipinski definition) is 1. The maximum atomic E-state index is 9.37. The molecule has 0 aliphatic rings. The van der Waals surface area contributed by atoms with Gasteiger partial charge in [0, 0.05) is 7.11 Å². The summed E-state index contributed by atoms with van der Waals surface area (Å²) in [5.74, 6) is 0. The molecule has 0 aliphatic heterocycles. The van der Waals surface area contributed by atoms with E-state index in [2.05, 4.69) is 6.58 Å². The fourth-order valence-corrected chi connectivity index (χ4v) is 0.917. The Morgan fingerprint density at radius 1 is 1.06 bits per heavy atom. The average Bonchev–Trinajstić information content (AvgIpc) is 2.28. The van der Waals surface area contributed by atoms with Gasteiger partial charge < -0.3 is 24.1 Å². The summed E-state index contributed by atoms with van der Waals surface area (Å²) in [6, 6.07) is 0. The molecule has 0 aromatic carbocycles. The molecule has 1 atom stereocenters. The number of aliphatic hydroxyl groups is 1. The van der Waals surface area contributed by atoms with Crippen LogP contribution in [0.15, 0.2) is 12.7 Å². The number of aliphatic hydroxyl groups excluding tert-OH is 1. The van der Waals surface area contributed by atoms with Crippen LogP contribution in [0, 0.1) is 0 Å². The fourth-order valence-electron chi connectivity index (χ4n) is 0.917. The number of hydrogen-bond acceptors (Lipinski definition) is 5. The van der Waals surface area contributed by atoms with Crippen molar-refractivity contribution in [2.24, 2.45) is 0 Å². The van der Waals surface area contributed by atoms with Gasteiger partial charge in [0.1, 0.15) is 6.10 Å². The van der Waals surface area contributed by atoms with Crippen molar-refractivity contribution in [2.45, 2.75) is 6.10 Å². The third-order valence-electron chi connectivity index (χ3n) is 1.66. The molecule has 96 valence electrons. The van der Waals surface area contributed by atoms with Crippen LogP contribution < -0.4 is 0 Å². The van der Waals surface area contributed by atoms with Gasteiger partial charge in [-0.2, -0.15) is 0 Å². The third kappa shape index (κ3) is 11.6. The number of methoxy groups -OCH3 is 1. The first-order valence-corrected chi connectivity index (χ1v) is 5.32. The van der Waals surface area contributed by atoms with E-state index in [1.54, 1.807) is 13.2 Å². The summed E-state index contributed by atoms with van der Waals surface area (Å²) < 4.78 is 20.2. The van der Waals surface area contributed by atoms with Gasteiger partial charge in [-0.15, -0.1) is 6.58 Å². The molecule has 5 nitrogen and oxygen atoms in total. The zero-order valence-corrected chi connectivity index (χ0v) is 9.89. The van der Waals surface area contributed by atoms with Crippen molar-refractivity contribution < 1.29 is 24.1 Å². The van der Waals surface area contributed by atoms with Crippen molar-refractivity contribution in [1.82, 2.24) is 0 Å². The lowest BCUT2D eigenvalue weighted by atomic mass is 10.4. The zero-order chi connectivity index (χ0) is 12.1. The van der Waals surface area contributed by atoms with E-state index in [1.165, 1.54) is 0 Å². The minimum atomic E-state index is -0.598. The molecule has 1 unspecified atom stereocenters. The van der Waals surface area contributed by atoms with Crippen molar-refractivity contribution in [3.8, 4) is 0 Å². The van der Waals surface area contributed by atoms with Crippen LogP contribution in [0.2, 0.25) is 0 Å². The topological polar surface area (TPSA) is 57.2 Å². The largest absolute Gasteiger partial charge is 0.388 e. The lowest BCUT2D eigenvalue weighted by Gasteiger charge is -2.11. The standard InChI is InChI=1S/C11H22O5/c1-3-4-15-9-11(12)10-16-8-7-14-6-5-13-2/h3,11-12H,1,4-10H2,2H3. The Morgan fingerprint density at radius 2 is 1.69 bits per heavy atom. The van der Waals surface area contributed by atoms with Gasteiger partial charge in [0.25, 0.3) is 0 Å². The minimum absolute atomic E-state index is 0.255. The molecule has 0 heterocycles. The van der Waals surface area contributed by atoms with Crippen LogP contribution in [-0.2, 0) is 18.9 Å². The van der Waals surface area contributed by atoms with Crippen LogP contribution in [0.4, 0.5) is 0 Å². The van der Waals surface area contributed by atoms with E-state index in [1.807, 2.05) is 0 Å². The third-order valence-corrected chi connectivity index (χ3v) is 1.66. The van der Waals surface area contributed by atoms with Gasteiger partial charge >= 0.3 is 0 Å². The predicted molar refractivity (Wildman–Crippen MR) is 60.5 cm³/mol. The van der Waals surface area contributed by atoms with Gasteiger partial charge in [-0.25, -0.2) is 0 Å². The summed E-state index contributed by atoms with van der Waals surface area (Å²) in [5.41, 5.74) is 0. The Bertz CT molecular complexity index is 151. The van der Waals surface area contributed by atoms with Crippen molar-refractivity contribution in [2.75, 3.05) is 53.4 Å². The molecule has 0 aromatic rings. The smallest absolute Gasteiger partial charge is 0.101 e. The summed E-state index contributed by atoms with van der Waals surface area (Å²) in [5, 5.41) is 9.37. The van der Waals surface area contributed by atoms with Gasteiger partial charge in [0.05, 0.1) is 46.2 Å². The van der Waals surface area contributed by atoms with Crippen molar-refractivity contribution in [3.63, 3.8) is 0 Å². The second kappa shape index (κ2) is 12.6. The second-order valence-corrected chi connectivity index (χ2v) is 3.16. The van der Waals surface area contributed by atoms with E-state index >= 15 is 0 Å². The molecule has 0 aliphatic carbocycles. The number of rotatable bonds is 12. The Kier molecular flexibility index (Phi) is 12.2. The number of ether oxygens (including phenoxy) is 4. The molecule has 5 heteroatoms. The molecule has 0 saturated heterocycles. The summed E-state index contributed by atoms with van der Waals surface area (Å²) in [6.45, 7) is 6.57. The van der Waals surface area contributed by atoms with E-state index in [9.17, 15) is 5.11 Å². The molecular weight excluding hydrogens is 212 g/mol. The molecule has 0 radical (unpaired) electrons. The van der Waals surface area contributed by atoms with E-state index in [4.69, 9.17) is 18.9 Å². The molecule has 0 rings (SSSR count). The molecule has 0 fully saturated rings. The average molecular weight is 234 g/mol. The van der Waals surface area contributed by atoms with E-state index in [0.29, 0.717) is 33.0 Å². The highest BCUT2D eigenvalue weighted by atomic mass is 16.5. The van der Waals surface area contributed by atoms with Crippen molar-refractivity contribution in [3.05, 3.63) is 12.7 Å². The normalized spacial score (nSPS) is 12.6. The maximum absolute atomic E-state index is 9.37. The van der Waals surface area contributed by atoms with Crippen LogP contribution in [0.3, 0.4) is 0 Å². The highest BCUT2D eigenvalue weighted by Crippen LogP contribution is 1.88. The molecule has 1 N–H and O–H groups in total. The SMILES string of the molecule is C=CCOCC(O)COCCOCCOC. The highest BCUT2D eigenvalue weighted by molar-refractivity contribution is 4.64. The van der Waals surface area contributed by atoms with E-state index in [-0.39, 0.29) is 13.2 Å². The predicted octanol–water partition coefficient (Wildman–Crippen LogP) is 0.230. The van der Waals surface area contributed by atoms with Crippen LogP contribution in [0.1, 0.15) is 0 Å². The highest BCUT2D eigenvalue weighted by Gasteiger charge is 2.03. The van der Waals surface area contributed by atoms with Gasteiger partial charge in [0.2, 0.25) is 0 Å². The van der Waals surface area contributed by atoms with Gasteiger partial charge in [-0.1, -0.05) is 6.08 Å².